The van der Waals surface area contributed by atoms with Gasteiger partial charge in [0.25, 0.3) is 0 Å². The van der Waals surface area contributed by atoms with Gasteiger partial charge in [-0.25, -0.2) is 0 Å². The number of fused-ring (bicyclic) bond motifs is 2. The highest BCUT2D eigenvalue weighted by Crippen LogP contribution is 2.38. The van der Waals surface area contributed by atoms with Gasteiger partial charge in [0.15, 0.2) is 0 Å². The van der Waals surface area contributed by atoms with Gasteiger partial charge in [0.05, 0.1) is 6.61 Å². The van der Waals surface area contributed by atoms with Crippen LogP contribution in [0.25, 0.3) is 21.9 Å². The van der Waals surface area contributed by atoms with Crippen LogP contribution in [0.1, 0.15) is 12.0 Å². The lowest BCUT2D eigenvalue weighted by molar-refractivity contribution is -0.120. The molecule has 3 aromatic rings. The molecule has 0 aromatic heterocycles. The van der Waals surface area contributed by atoms with Crippen LogP contribution < -0.4 is 14.8 Å². The number of carbonyl (C=O) groups is 1. The maximum atomic E-state index is 11.5. The number of hydrogen-bond donors (Lipinski definition) is 2. The standard InChI is InChI=1S/C26H28N2O4/c29-22(16-28-11-8-25(30)27-10-12-28)17-32-23-7-6-18-4-5-20(14-21(18)15-23)24-3-1-2-19-9-13-31-26(19)24/h1-7,14-15,22,29H,8-13,16-17H2,(H,27,30). The largest absolute Gasteiger partial charge is 0.492 e. The van der Waals surface area contributed by atoms with E-state index in [4.69, 9.17) is 9.47 Å². The van der Waals surface area contributed by atoms with Crippen molar-refractivity contribution < 1.29 is 19.4 Å². The maximum absolute atomic E-state index is 11.5. The van der Waals surface area contributed by atoms with Crippen LogP contribution in [-0.2, 0) is 11.2 Å². The zero-order valence-corrected chi connectivity index (χ0v) is 18.0. The summed E-state index contributed by atoms with van der Waals surface area (Å²) in [5, 5.41) is 15.5. The van der Waals surface area contributed by atoms with E-state index in [-0.39, 0.29) is 12.5 Å². The van der Waals surface area contributed by atoms with Gasteiger partial charge in [-0.15, -0.1) is 0 Å². The maximum Gasteiger partial charge on any atom is 0.221 e. The quantitative estimate of drug-likeness (QED) is 0.627. The molecule has 3 aromatic carbocycles. The van der Waals surface area contributed by atoms with Crippen LogP contribution in [0, 0.1) is 0 Å². The van der Waals surface area contributed by atoms with Crippen LogP contribution in [0.4, 0.5) is 0 Å². The zero-order chi connectivity index (χ0) is 21.9. The van der Waals surface area contributed by atoms with Crippen LogP contribution in [0.15, 0.2) is 54.6 Å². The number of aliphatic hydroxyl groups excluding tert-OH is 1. The molecule has 1 amide bonds. The molecule has 1 fully saturated rings. The Morgan fingerprint density at radius 1 is 1.06 bits per heavy atom. The van der Waals surface area contributed by atoms with Crippen molar-refractivity contribution in [2.24, 2.45) is 0 Å². The van der Waals surface area contributed by atoms with Crippen LogP contribution in [0.3, 0.4) is 0 Å². The Morgan fingerprint density at radius 2 is 1.97 bits per heavy atom. The van der Waals surface area contributed by atoms with Crippen LogP contribution in [-0.4, -0.2) is 61.4 Å². The molecule has 0 radical (unpaired) electrons. The Morgan fingerprint density at radius 3 is 2.91 bits per heavy atom. The normalized spacial score (nSPS) is 17.3. The molecule has 1 saturated heterocycles. The van der Waals surface area contributed by atoms with Crippen molar-refractivity contribution in [1.29, 1.82) is 0 Å². The van der Waals surface area contributed by atoms with Crippen LogP contribution in [0.5, 0.6) is 11.5 Å². The fourth-order valence-electron chi connectivity index (χ4n) is 4.46. The van der Waals surface area contributed by atoms with Gasteiger partial charge in [-0.05, 0) is 40.1 Å². The van der Waals surface area contributed by atoms with Gasteiger partial charge in [-0.2, -0.15) is 0 Å². The molecular formula is C26H28N2O4. The van der Waals surface area contributed by atoms with Gasteiger partial charge in [-0.3, -0.25) is 9.69 Å². The van der Waals surface area contributed by atoms with Crippen molar-refractivity contribution in [3.8, 4) is 22.6 Å². The predicted molar refractivity (Wildman–Crippen MR) is 124 cm³/mol. The van der Waals surface area contributed by atoms with Crippen LogP contribution >= 0.6 is 0 Å². The number of hydrogen-bond acceptors (Lipinski definition) is 5. The lowest BCUT2D eigenvalue weighted by atomic mass is 9.98. The second-order valence-electron chi connectivity index (χ2n) is 8.48. The minimum absolute atomic E-state index is 0.0702. The molecule has 32 heavy (non-hydrogen) atoms. The predicted octanol–water partition coefficient (Wildman–Crippen LogP) is 3.00. The van der Waals surface area contributed by atoms with E-state index in [0.29, 0.717) is 26.1 Å². The lowest BCUT2D eigenvalue weighted by Crippen LogP contribution is -2.37. The second-order valence-corrected chi connectivity index (χ2v) is 8.48. The summed E-state index contributed by atoms with van der Waals surface area (Å²) in [7, 11) is 0. The van der Waals surface area contributed by atoms with Crippen LogP contribution in [0.2, 0.25) is 0 Å². The Balaban J connectivity index is 1.27. The van der Waals surface area contributed by atoms with Gasteiger partial charge >= 0.3 is 0 Å². The summed E-state index contributed by atoms with van der Waals surface area (Å²) in [6.07, 6.45) is 0.812. The summed E-state index contributed by atoms with van der Waals surface area (Å²) >= 11 is 0. The fourth-order valence-corrected chi connectivity index (χ4v) is 4.46. The molecular weight excluding hydrogens is 404 g/mol. The first-order valence-corrected chi connectivity index (χ1v) is 11.2. The number of carbonyl (C=O) groups excluding carboxylic acids is 1. The number of β-amino-alcohol motifs (C(OH)–C–C–N with tert-alkyl or cyclic N) is 1. The van der Waals surface area contributed by atoms with Crippen molar-refractivity contribution >= 4 is 16.7 Å². The lowest BCUT2D eigenvalue weighted by Gasteiger charge is -2.22. The molecule has 0 aliphatic carbocycles. The number of amides is 1. The molecule has 0 bridgehead atoms. The molecule has 6 heteroatoms. The van der Waals surface area contributed by atoms with E-state index < -0.39 is 6.10 Å². The van der Waals surface area contributed by atoms with Gasteiger partial charge in [0, 0.05) is 44.6 Å². The Hall–Kier alpha value is -3.09. The van der Waals surface area contributed by atoms with E-state index in [1.807, 2.05) is 18.2 Å². The number of nitrogens with zero attached hydrogens (tertiary/aromatic N) is 1. The molecule has 1 atom stereocenters. The number of benzene rings is 3. The molecule has 2 aliphatic heterocycles. The summed E-state index contributed by atoms with van der Waals surface area (Å²) < 4.78 is 11.8. The summed E-state index contributed by atoms with van der Waals surface area (Å²) in [6, 6.07) is 18.7. The third kappa shape index (κ3) is 4.56. The van der Waals surface area contributed by atoms with Gasteiger partial charge in [0.1, 0.15) is 24.2 Å². The average molecular weight is 433 g/mol. The van der Waals surface area contributed by atoms with E-state index in [1.165, 1.54) is 5.56 Å². The summed E-state index contributed by atoms with van der Waals surface area (Å²) in [4.78, 5) is 13.6. The summed E-state index contributed by atoms with van der Waals surface area (Å²) in [5.74, 6) is 1.80. The van der Waals surface area contributed by atoms with E-state index in [2.05, 4.69) is 46.6 Å². The highest BCUT2D eigenvalue weighted by atomic mass is 16.5. The molecule has 2 N–H and O–H groups in total. The molecule has 0 spiro atoms. The van der Waals surface area contributed by atoms with Crippen molar-refractivity contribution in [1.82, 2.24) is 10.2 Å². The highest BCUT2D eigenvalue weighted by Gasteiger charge is 2.18. The molecule has 2 heterocycles. The third-order valence-electron chi connectivity index (χ3n) is 6.15. The Kier molecular flexibility index (Phi) is 5.97. The topological polar surface area (TPSA) is 71.0 Å². The molecule has 6 nitrogen and oxygen atoms in total. The van der Waals surface area contributed by atoms with E-state index in [1.54, 1.807) is 0 Å². The molecule has 0 saturated carbocycles. The first kappa shape index (κ1) is 20.8. The average Bonchev–Trinajstić information content (AvgIpc) is 3.20. The Labute approximate surface area is 187 Å². The molecule has 1 unspecified atom stereocenters. The minimum atomic E-state index is -0.616. The fraction of sp³-hybridized carbons (Fsp3) is 0.346. The zero-order valence-electron chi connectivity index (χ0n) is 18.0. The van der Waals surface area contributed by atoms with Crippen molar-refractivity contribution in [2.45, 2.75) is 18.9 Å². The Bertz CT molecular complexity index is 1130. The molecule has 2 aliphatic rings. The minimum Gasteiger partial charge on any atom is -0.492 e. The van der Waals surface area contributed by atoms with Crippen molar-refractivity contribution in [2.75, 3.05) is 39.4 Å². The summed E-state index contributed by atoms with van der Waals surface area (Å²) in [5.41, 5.74) is 3.50. The third-order valence-corrected chi connectivity index (χ3v) is 6.15. The van der Waals surface area contributed by atoms with Gasteiger partial charge < -0.3 is 19.9 Å². The number of nitrogens with one attached hydrogen (secondary N) is 1. The first-order valence-electron chi connectivity index (χ1n) is 11.2. The van der Waals surface area contributed by atoms with Crippen molar-refractivity contribution in [3.05, 3.63) is 60.2 Å². The van der Waals surface area contributed by atoms with Gasteiger partial charge in [-0.1, -0.05) is 36.4 Å². The van der Waals surface area contributed by atoms with E-state index >= 15 is 0 Å². The van der Waals surface area contributed by atoms with Gasteiger partial charge in [0.2, 0.25) is 5.91 Å². The summed E-state index contributed by atoms with van der Waals surface area (Å²) in [6.45, 7) is 3.47. The number of aliphatic hydroxyl groups is 1. The number of para-hydroxylation sites is 1. The van der Waals surface area contributed by atoms with E-state index in [0.717, 1.165) is 53.0 Å². The molecule has 166 valence electrons. The first-order chi connectivity index (χ1) is 15.7. The number of rotatable bonds is 6. The highest BCUT2D eigenvalue weighted by molar-refractivity contribution is 5.89. The monoisotopic (exact) mass is 432 g/mol. The van der Waals surface area contributed by atoms with Crippen molar-refractivity contribution in [3.63, 3.8) is 0 Å². The van der Waals surface area contributed by atoms with E-state index in [9.17, 15) is 9.90 Å². The molecule has 5 rings (SSSR count). The number of ether oxygens (including phenoxy) is 2. The second kappa shape index (κ2) is 9.18. The smallest absolute Gasteiger partial charge is 0.221 e. The SMILES string of the molecule is O=C1CCN(CC(O)COc2ccc3ccc(-c4cccc5c4OCC5)cc3c2)CCN1.